The van der Waals surface area contributed by atoms with Gasteiger partial charge in [-0.05, 0) is 44.2 Å². The van der Waals surface area contributed by atoms with Gasteiger partial charge in [-0.15, -0.1) is 12.4 Å². The topological polar surface area (TPSA) is 79.2 Å². The number of methoxy groups -OCH3 is 1. The van der Waals surface area contributed by atoms with Gasteiger partial charge in [0.25, 0.3) is 0 Å². The highest BCUT2D eigenvalue weighted by atomic mass is 35.5. The Morgan fingerprint density at radius 1 is 1.34 bits per heavy atom. The Labute approximate surface area is 192 Å². The fourth-order valence-corrected chi connectivity index (χ4v) is 4.28. The van der Waals surface area contributed by atoms with Gasteiger partial charge in [0.2, 0.25) is 0 Å². The standard InChI is InChI=1S/C22H25F2N3O3.CH4.ClH/c1-12(28)16-11-27(14-5-6-14)19-15(21(16)29)8-17(23)20(22(19)30-2)26-7-3-4-13(10-26)18(24)9-25;;/h8,11,14H,3-7,9-10,25H2,1-2H3;1H4;1H/p+1/b18-13+;;. The number of rotatable bonds is 5. The first kappa shape index (κ1) is 25.8. The molecule has 2 aromatic rings. The summed E-state index contributed by atoms with van der Waals surface area (Å²) >= 11 is 0. The van der Waals surface area contributed by atoms with Crippen molar-refractivity contribution >= 4 is 34.8 Å². The number of benzene rings is 1. The van der Waals surface area contributed by atoms with Crippen LogP contribution in [0.4, 0.5) is 14.5 Å². The summed E-state index contributed by atoms with van der Waals surface area (Å²) < 4.78 is 37.0. The van der Waals surface area contributed by atoms with Gasteiger partial charge in [0, 0.05) is 25.3 Å². The van der Waals surface area contributed by atoms with Crippen molar-refractivity contribution in [2.45, 2.75) is 46.1 Å². The van der Waals surface area contributed by atoms with Crippen molar-refractivity contribution < 1.29 is 24.0 Å². The molecule has 0 unspecified atom stereocenters. The van der Waals surface area contributed by atoms with Crippen molar-refractivity contribution in [3.63, 3.8) is 0 Å². The zero-order valence-electron chi connectivity index (χ0n) is 17.7. The second-order valence-corrected chi connectivity index (χ2v) is 7.99. The molecule has 0 bridgehead atoms. The smallest absolute Gasteiger partial charge is 0.200 e. The number of hydrogen-bond donors (Lipinski definition) is 1. The molecule has 1 aromatic heterocycles. The molecule has 32 heavy (non-hydrogen) atoms. The Kier molecular flexibility index (Phi) is 8.07. The van der Waals surface area contributed by atoms with E-state index in [1.165, 1.54) is 20.1 Å². The van der Waals surface area contributed by atoms with Gasteiger partial charge in [0.05, 0.1) is 23.6 Å². The lowest BCUT2D eigenvalue weighted by Crippen LogP contribution is -2.51. The Morgan fingerprint density at radius 3 is 2.59 bits per heavy atom. The molecular formula is C23H31ClF2N3O3+. The molecule has 1 aliphatic heterocycles. The zero-order chi connectivity index (χ0) is 21.6. The van der Waals surface area contributed by atoms with Crippen LogP contribution < -0.4 is 20.8 Å². The molecule has 1 aliphatic carbocycles. The maximum absolute atomic E-state index is 15.3. The van der Waals surface area contributed by atoms with Crippen molar-refractivity contribution in [3.05, 3.63) is 45.3 Å². The monoisotopic (exact) mass is 470 g/mol. The molecule has 6 nitrogen and oxygen atoms in total. The lowest BCUT2D eigenvalue weighted by molar-refractivity contribution is -0.359. The third-order valence-electron chi connectivity index (χ3n) is 5.93. The zero-order valence-corrected chi connectivity index (χ0v) is 18.5. The summed E-state index contributed by atoms with van der Waals surface area (Å²) in [5.74, 6) is -0.980. The van der Waals surface area contributed by atoms with Crippen LogP contribution in [0, 0.1) is 5.82 Å². The number of nitrogens with zero attached hydrogens (tertiary/aromatic N) is 2. The number of carbonyl (C=O) groups excluding carboxylic acids is 1. The van der Waals surface area contributed by atoms with Crippen molar-refractivity contribution in [1.29, 1.82) is 0 Å². The molecule has 1 aromatic carbocycles. The van der Waals surface area contributed by atoms with E-state index in [0.29, 0.717) is 30.5 Å². The number of pyridine rings is 1. The molecule has 0 atom stereocenters. The predicted molar refractivity (Wildman–Crippen MR) is 124 cm³/mol. The summed E-state index contributed by atoms with van der Waals surface area (Å²) in [6.45, 7) is 2.20. The summed E-state index contributed by atoms with van der Waals surface area (Å²) in [5.41, 5.74) is 4.48. The molecule has 176 valence electrons. The van der Waals surface area contributed by atoms with Gasteiger partial charge in [-0.25, -0.2) is 8.78 Å². The Balaban J connectivity index is 0.00000181. The largest absolute Gasteiger partial charge is 0.492 e. The highest BCUT2D eigenvalue weighted by Gasteiger charge is 2.31. The maximum atomic E-state index is 15.3. The molecular weight excluding hydrogens is 440 g/mol. The van der Waals surface area contributed by atoms with Gasteiger partial charge in [-0.2, -0.15) is 0 Å². The average Bonchev–Trinajstić information content (AvgIpc) is 3.58. The van der Waals surface area contributed by atoms with E-state index in [1.54, 1.807) is 11.1 Å². The molecule has 1 saturated carbocycles. The molecule has 2 heterocycles. The molecule has 4 rings (SSSR count). The van der Waals surface area contributed by atoms with E-state index >= 15 is 4.39 Å². The minimum atomic E-state index is -0.615. The first-order valence-electron chi connectivity index (χ1n) is 10.2. The maximum Gasteiger partial charge on any atom is 0.200 e. The second kappa shape index (κ2) is 10.0. The number of piperidine rings is 1. The van der Waals surface area contributed by atoms with Crippen LogP contribution in [0.15, 0.2) is 28.5 Å². The Hall–Kier alpha value is -2.45. The van der Waals surface area contributed by atoms with Gasteiger partial charge < -0.3 is 19.9 Å². The molecule has 0 radical (unpaired) electrons. The van der Waals surface area contributed by atoms with Gasteiger partial charge in [-0.1, -0.05) is 7.43 Å². The first-order valence-corrected chi connectivity index (χ1v) is 10.2. The summed E-state index contributed by atoms with van der Waals surface area (Å²) in [7, 11) is 1.44. The van der Waals surface area contributed by atoms with E-state index in [1.807, 2.05) is 4.57 Å². The van der Waals surface area contributed by atoms with Gasteiger partial charge in [0.15, 0.2) is 28.6 Å². The SMILES string of the molecule is C.COc1c(N2CCC/C(=C(\F)C[NH3+])C2)c(F)cc2c(=O)c(C(C)=O)cn(C3CC3)c12.Cl. The molecule has 0 spiro atoms. The van der Waals surface area contributed by atoms with Crippen LogP contribution in [0.2, 0.25) is 0 Å². The third kappa shape index (κ3) is 4.38. The molecule has 2 aliphatic rings. The van der Waals surface area contributed by atoms with E-state index in [0.717, 1.165) is 12.8 Å². The van der Waals surface area contributed by atoms with Crippen LogP contribution >= 0.6 is 12.4 Å². The predicted octanol–water partition coefficient (Wildman–Crippen LogP) is 3.81. The minimum Gasteiger partial charge on any atom is -0.492 e. The molecule has 9 heteroatoms. The normalized spacial score (nSPS) is 17.5. The summed E-state index contributed by atoms with van der Waals surface area (Å²) in [4.78, 5) is 26.7. The number of fused-ring (bicyclic) bond motifs is 1. The quantitative estimate of drug-likeness (QED) is 0.674. The van der Waals surface area contributed by atoms with Crippen LogP contribution in [-0.2, 0) is 0 Å². The van der Waals surface area contributed by atoms with E-state index in [2.05, 4.69) is 5.73 Å². The third-order valence-corrected chi connectivity index (χ3v) is 5.93. The number of hydrogen-bond acceptors (Lipinski definition) is 4. The van der Waals surface area contributed by atoms with Crippen LogP contribution in [0.25, 0.3) is 10.9 Å². The lowest BCUT2D eigenvalue weighted by atomic mass is 10.0. The Bertz CT molecular complexity index is 1130. The number of anilines is 1. The number of halogens is 3. The molecule has 0 amide bonds. The van der Waals surface area contributed by atoms with Crippen LogP contribution in [0.5, 0.6) is 5.75 Å². The summed E-state index contributed by atoms with van der Waals surface area (Å²) in [6, 6.07) is 1.33. The summed E-state index contributed by atoms with van der Waals surface area (Å²) in [5, 5.41) is 0.129. The lowest BCUT2D eigenvalue weighted by Gasteiger charge is -2.32. The second-order valence-electron chi connectivity index (χ2n) is 7.99. The number of carbonyl (C=O) groups is 1. The van der Waals surface area contributed by atoms with Crippen molar-refractivity contribution in [1.82, 2.24) is 4.57 Å². The van der Waals surface area contributed by atoms with Crippen molar-refractivity contribution in [2.75, 3.05) is 31.6 Å². The van der Waals surface area contributed by atoms with E-state index < -0.39 is 11.2 Å². The van der Waals surface area contributed by atoms with Crippen LogP contribution in [0.1, 0.15) is 56.4 Å². The number of ketones is 1. The van der Waals surface area contributed by atoms with E-state index in [-0.39, 0.29) is 73.0 Å². The number of Topliss-reactive ketones (excluding diaryl/α,β-unsaturated/α-hetero) is 1. The molecule has 3 N–H and O–H groups in total. The van der Waals surface area contributed by atoms with Crippen molar-refractivity contribution in [2.24, 2.45) is 0 Å². The highest BCUT2D eigenvalue weighted by molar-refractivity contribution is 5.99. The fraction of sp³-hybridized carbons (Fsp3) is 0.478. The first-order chi connectivity index (χ1) is 14.4. The number of aromatic nitrogens is 1. The fourth-order valence-electron chi connectivity index (χ4n) is 4.28. The van der Waals surface area contributed by atoms with Gasteiger partial charge in [-0.3, -0.25) is 9.59 Å². The van der Waals surface area contributed by atoms with E-state index in [4.69, 9.17) is 4.74 Å². The molecule has 2 fully saturated rings. The average molecular weight is 471 g/mol. The van der Waals surface area contributed by atoms with Gasteiger partial charge in [0.1, 0.15) is 12.2 Å². The highest BCUT2D eigenvalue weighted by Crippen LogP contribution is 2.44. The van der Waals surface area contributed by atoms with E-state index in [9.17, 15) is 14.0 Å². The van der Waals surface area contributed by atoms with Gasteiger partial charge >= 0.3 is 0 Å². The van der Waals surface area contributed by atoms with Crippen molar-refractivity contribution in [3.8, 4) is 5.75 Å². The Morgan fingerprint density at radius 2 is 2.03 bits per heavy atom. The number of ether oxygens (including phenoxy) is 1. The summed E-state index contributed by atoms with van der Waals surface area (Å²) in [6.07, 6.45) is 4.69. The molecule has 1 saturated heterocycles. The van der Waals surface area contributed by atoms with Crippen LogP contribution in [0.3, 0.4) is 0 Å². The minimum absolute atomic E-state index is 0. The van der Waals surface area contributed by atoms with Crippen LogP contribution in [-0.4, -0.2) is 37.1 Å². The number of quaternary nitrogens is 1.